The topological polar surface area (TPSA) is 84.4 Å². The molecule has 0 bridgehead atoms. The van der Waals surface area contributed by atoms with E-state index in [2.05, 4.69) is 5.10 Å². The van der Waals surface area contributed by atoms with E-state index in [-0.39, 0.29) is 18.6 Å². The van der Waals surface area contributed by atoms with Crippen molar-refractivity contribution in [3.05, 3.63) is 42.2 Å². The second-order valence-corrected chi connectivity index (χ2v) is 5.18. The molecule has 2 aromatic rings. The summed E-state index contributed by atoms with van der Waals surface area (Å²) >= 11 is 0. The number of hydrogen-bond donors (Lipinski definition) is 2. The Balaban J connectivity index is 1.85. The Kier molecular flexibility index (Phi) is 3.62. The van der Waals surface area contributed by atoms with Crippen LogP contribution in [0.25, 0.3) is 5.69 Å². The summed E-state index contributed by atoms with van der Waals surface area (Å²) in [5, 5.41) is 13.6. The van der Waals surface area contributed by atoms with E-state index in [1.807, 2.05) is 18.2 Å². The Bertz CT molecular complexity index is 653. The van der Waals surface area contributed by atoms with Gasteiger partial charge in [0.15, 0.2) is 5.69 Å². The number of aliphatic hydroxyl groups excluding tert-OH is 1. The molecule has 110 valence electrons. The summed E-state index contributed by atoms with van der Waals surface area (Å²) in [4.78, 5) is 14.1. The number of carbonyl (C=O) groups excluding carboxylic acids is 1. The van der Waals surface area contributed by atoms with Gasteiger partial charge in [0.05, 0.1) is 24.0 Å². The molecule has 6 nitrogen and oxygen atoms in total. The van der Waals surface area contributed by atoms with Crippen LogP contribution in [-0.4, -0.2) is 44.9 Å². The fourth-order valence-electron chi connectivity index (χ4n) is 2.71. The third-order valence-corrected chi connectivity index (χ3v) is 3.84. The van der Waals surface area contributed by atoms with Gasteiger partial charge in [-0.1, -0.05) is 12.1 Å². The van der Waals surface area contributed by atoms with Gasteiger partial charge in [0.2, 0.25) is 0 Å². The first-order chi connectivity index (χ1) is 10.2. The Hall–Kier alpha value is -2.34. The summed E-state index contributed by atoms with van der Waals surface area (Å²) in [6.07, 6.45) is 3.49. The number of aliphatic hydroxyl groups is 1. The Morgan fingerprint density at radius 2 is 2.19 bits per heavy atom. The van der Waals surface area contributed by atoms with E-state index in [0.717, 1.165) is 18.5 Å². The van der Waals surface area contributed by atoms with Crippen molar-refractivity contribution >= 4 is 11.6 Å². The van der Waals surface area contributed by atoms with Gasteiger partial charge in [-0.05, 0) is 31.0 Å². The van der Waals surface area contributed by atoms with Gasteiger partial charge in [-0.2, -0.15) is 5.10 Å². The predicted octanol–water partition coefficient (Wildman–Crippen LogP) is 1.05. The van der Waals surface area contributed by atoms with E-state index in [0.29, 0.717) is 17.9 Å². The summed E-state index contributed by atoms with van der Waals surface area (Å²) < 4.78 is 1.60. The highest BCUT2D eigenvalue weighted by atomic mass is 16.3. The van der Waals surface area contributed by atoms with Crippen molar-refractivity contribution < 1.29 is 9.90 Å². The smallest absolute Gasteiger partial charge is 0.274 e. The lowest BCUT2D eigenvalue weighted by Crippen LogP contribution is -2.37. The van der Waals surface area contributed by atoms with Crippen LogP contribution in [0.5, 0.6) is 0 Å². The van der Waals surface area contributed by atoms with Crippen molar-refractivity contribution in [1.29, 1.82) is 0 Å². The number of amides is 1. The summed E-state index contributed by atoms with van der Waals surface area (Å²) in [7, 11) is 0. The molecule has 0 unspecified atom stereocenters. The molecule has 1 fully saturated rings. The average molecular weight is 286 g/mol. The third kappa shape index (κ3) is 2.50. The largest absolute Gasteiger partial charge is 0.397 e. The van der Waals surface area contributed by atoms with Crippen molar-refractivity contribution in [2.45, 2.75) is 18.9 Å². The highest BCUT2D eigenvalue weighted by Gasteiger charge is 2.29. The Morgan fingerprint density at radius 3 is 2.95 bits per heavy atom. The molecule has 1 aliphatic rings. The monoisotopic (exact) mass is 286 g/mol. The van der Waals surface area contributed by atoms with Crippen LogP contribution in [0.3, 0.4) is 0 Å². The lowest BCUT2D eigenvalue weighted by atomic mass is 10.2. The van der Waals surface area contributed by atoms with Gasteiger partial charge >= 0.3 is 0 Å². The lowest BCUT2D eigenvalue weighted by molar-refractivity contribution is 0.0671. The zero-order chi connectivity index (χ0) is 14.8. The normalized spacial score (nSPS) is 18.1. The average Bonchev–Trinajstić information content (AvgIpc) is 3.16. The number of anilines is 1. The lowest BCUT2D eigenvalue weighted by Gasteiger charge is -2.21. The van der Waals surface area contributed by atoms with Crippen molar-refractivity contribution in [3.8, 4) is 5.69 Å². The quantitative estimate of drug-likeness (QED) is 0.826. The van der Waals surface area contributed by atoms with Crippen LogP contribution < -0.4 is 5.73 Å². The highest BCUT2D eigenvalue weighted by Crippen LogP contribution is 2.20. The minimum absolute atomic E-state index is 0.00190. The molecule has 21 heavy (non-hydrogen) atoms. The van der Waals surface area contributed by atoms with Crippen molar-refractivity contribution in [2.24, 2.45) is 0 Å². The number of rotatable bonds is 3. The maximum absolute atomic E-state index is 12.5. The number of aromatic nitrogens is 2. The molecule has 0 spiro atoms. The second-order valence-electron chi connectivity index (χ2n) is 5.18. The first-order valence-corrected chi connectivity index (χ1v) is 7.03. The molecule has 0 radical (unpaired) electrons. The van der Waals surface area contributed by atoms with Crippen molar-refractivity contribution in [1.82, 2.24) is 14.7 Å². The van der Waals surface area contributed by atoms with E-state index in [1.165, 1.54) is 0 Å². The van der Waals surface area contributed by atoms with Crippen LogP contribution in [0.2, 0.25) is 0 Å². The van der Waals surface area contributed by atoms with Crippen molar-refractivity contribution in [3.63, 3.8) is 0 Å². The van der Waals surface area contributed by atoms with E-state index in [4.69, 9.17) is 5.73 Å². The minimum Gasteiger partial charge on any atom is -0.397 e. The Labute approximate surface area is 122 Å². The van der Waals surface area contributed by atoms with Gasteiger partial charge < -0.3 is 15.7 Å². The number of hydrogen-bond acceptors (Lipinski definition) is 4. The van der Waals surface area contributed by atoms with Gasteiger partial charge in [-0.3, -0.25) is 4.79 Å². The number of nitrogens with two attached hydrogens (primary N) is 1. The molecular formula is C15H18N4O2. The number of benzene rings is 1. The van der Waals surface area contributed by atoms with Gasteiger partial charge in [-0.25, -0.2) is 4.68 Å². The molecule has 6 heteroatoms. The SMILES string of the molecule is Nc1ccccc1-n1ccc(C(=O)N2CCC[C@H]2CO)n1. The third-order valence-electron chi connectivity index (χ3n) is 3.84. The van der Waals surface area contributed by atoms with Gasteiger partial charge in [0.25, 0.3) is 5.91 Å². The summed E-state index contributed by atoms with van der Waals surface area (Å²) in [6, 6.07) is 8.96. The maximum Gasteiger partial charge on any atom is 0.274 e. The molecule has 1 amide bonds. The van der Waals surface area contributed by atoms with E-state index in [9.17, 15) is 9.90 Å². The number of nitrogen functional groups attached to an aromatic ring is 1. The molecule has 2 heterocycles. The molecule has 1 aliphatic heterocycles. The molecule has 0 saturated carbocycles. The van der Waals surface area contributed by atoms with Crippen LogP contribution in [-0.2, 0) is 0 Å². The first-order valence-electron chi connectivity index (χ1n) is 7.03. The molecule has 1 aromatic carbocycles. The van der Waals surface area contributed by atoms with Crippen LogP contribution in [0.4, 0.5) is 5.69 Å². The first kappa shape index (κ1) is 13.6. The molecular weight excluding hydrogens is 268 g/mol. The molecule has 3 N–H and O–H groups in total. The summed E-state index contributed by atoms with van der Waals surface area (Å²) in [5.74, 6) is -0.139. The maximum atomic E-state index is 12.5. The van der Waals surface area contributed by atoms with Crippen LogP contribution in [0.15, 0.2) is 36.5 Å². The predicted molar refractivity (Wildman–Crippen MR) is 79.1 cm³/mol. The van der Waals surface area contributed by atoms with Crippen molar-refractivity contribution in [2.75, 3.05) is 18.9 Å². The number of nitrogens with zero attached hydrogens (tertiary/aromatic N) is 3. The molecule has 1 atom stereocenters. The van der Waals surface area contributed by atoms with Gasteiger partial charge in [0, 0.05) is 12.7 Å². The molecule has 1 saturated heterocycles. The highest BCUT2D eigenvalue weighted by molar-refractivity contribution is 5.92. The minimum atomic E-state index is -0.139. The number of likely N-dealkylation sites (tertiary alicyclic amines) is 1. The Morgan fingerprint density at radius 1 is 1.38 bits per heavy atom. The van der Waals surface area contributed by atoms with Crippen LogP contribution in [0.1, 0.15) is 23.3 Å². The van der Waals surface area contributed by atoms with E-state index < -0.39 is 0 Å². The van der Waals surface area contributed by atoms with E-state index >= 15 is 0 Å². The van der Waals surface area contributed by atoms with Crippen LogP contribution >= 0.6 is 0 Å². The molecule has 0 aliphatic carbocycles. The zero-order valence-electron chi connectivity index (χ0n) is 11.6. The number of carbonyl (C=O) groups is 1. The van der Waals surface area contributed by atoms with Gasteiger partial charge in [0.1, 0.15) is 0 Å². The number of para-hydroxylation sites is 2. The standard InChI is InChI=1S/C15H18N4O2/c16-12-5-1-2-6-14(12)19-9-7-13(17-19)15(21)18-8-3-4-11(18)10-20/h1-2,5-7,9,11,20H,3-4,8,10,16H2/t11-/m0/s1. The fourth-order valence-corrected chi connectivity index (χ4v) is 2.71. The molecule has 3 rings (SSSR count). The molecule has 1 aromatic heterocycles. The van der Waals surface area contributed by atoms with Crippen LogP contribution in [0, 0.1) is 0 Å². The summed E-state index contributed by atoms with van der Waals surface area (Å²) in [5.41, 5.74) is 7.64. The van der Waals surface area contributed by atoms with E-state index in [1.54, 1.807) is 27.9 Å². The zero-order valence-corrected chi connectivity index (χ0v) is 11.6. The fraction of sp³-hybridized carbons (Fsp3) is 0.333. The summed E-state index contributed by atoms with van der Waals surface area (Å²) in [6.45, 7) is 0.669. The van der Waals surface area contributed by atoms with Gasteiger partial charge in [-0.15, -0.1) is 0 Å². The second kappa shape index (κ2) is 5.57.